The molecule has 0 aromatic heterocycles. The van der Waals surface area contributed by atoms with Crippen LogP contribution in [-0.4, -0.2) is 45.7 Å². The molecule has 6 heteroatoms. The van der Waals surface area contributed by atoms with Crippen molar-refractivity contribution in [1.82, 2.24) is 15.5 Å². The molecule has 1 aliphatic rings. The van der Waals surface area contributed by atoms with Gasteiger partial charge >= 0.3 is 0 Å². The molecular formula is C28H31N3O3. The van der Waals surface area contributed by atoms with E-state index >= 15 is 0 Å². The van der Waals surface area contributed by atoms with E-state index in [0.717, 1.165) is 11.1 Å². The van der Waals surface area contributed by atoms with Gasteiger partial charge in [0.25, 0.3) is 5.91 Å². The second-order valence-electron chi connectivity index (χ2n) is 9.22. The Bertz CT molecular complexity index is 1100. The molecule has 0 bridgehead atoms. The number of nitrogens with one attached hydrogen (secondary N) is 2. The summed E-state index contributed by atoms with van der Waals surface area (Å²) in [6.07, 6.45) is -0.731. The summed E-state index contributed by atoms with van der Waals surface area (Å²) in [4.78, 5) is 28.2. The Kier molecular flexibility index (Phi) is 7.10. The number of nitrogens with zero attached hydrogens (tertiary/aromatic N) is 1. The number of carbonyl (C=O) groups is 2. The molecule has 0 aliphatic carbocycles. The van der Waals surface area contributed by atoms with Crippen molar-refractivity contribution >= 4 is 11.8 Å². The lowest BCUT2D eigenvalue weighted by atomic mass is 9.95. The van der Waals surface area contributed by atoms with Crippen LogP contribution < -0.4 is 10.6 Å². The van der Waals surface area contributed by atoms with E-state index < -0.39 is 23.9 Å². The lowest BCUT2D eigenvalue weighted by Gasteiger charge is -2.31. The van der Waals surface area contributed by atoms with Crippen molar-refractivity contribution in [3.05, 3.63) is 108 Å². The fourth-order valence-electron chi connectivity index (χ4n) is 4.44. The molecule has 1 aliphatic heterocycles. The molecule has 3 aromatic carbocycles. The van der Waals surface area contributed by atoms with Gasteiger partial charge in [0.1, 0.15) is 6.04 Å². The predicted molar refractivity (Wildman–Crippen MR) is 132 cm³/mol. The van der Waals surface area contributed by atoms with Crippen molar-refractivity contribution in [2.45, 2.75) is 50.7 Å². The van der Waals surface area contributed by atoms with Crippen molar-refractivity contribution in [2.75, 3.05) is 0 Å². The molecule has 4 rings (SSSR count). The van der Waals surface area contributed by atoms with Gasteiger partial charge in [0.15, 0.2) is 0 Å². The Balaban J connectivity index is 1.56. The van der Waals surface area contributed by atoms with Crippen LogP contribution in [0.1, 0.15) is 35.3 Å². The fraction of sp³-hybridized carbons (Fsp3) is 0.286. The van der Waals surface area contributed by atoms with Gasteiger partial charge in [0, 0.05) is 12.1 Å². The predicted octanol–water partition coefficient (Wildman–Crippen LogP) is 3.13. The molecule has 2 amide bonds. The molecule has 1 saturated heterocycles. The Morgan fingerprint density at radius 1 is 0.941 bits per heavy atom. The summed E-state index contributed by atoms with van der Waals surface area (Å²) in [6, 6.07) is 26.8. The smallest absolute Gasteiger partial charge is 0.251 e. The molecule has 176 valence electrons. The van der Waals surface area contributed by atoms with Crippen molar-refractivity contribution in [3.8, 4) is 0 Å². The number of hydrogen-bond donors (Lipinski definition) is 3. The van der Waals surface area contributed by atoms with E-state index in [1.54, 1.807) is 29.2 Å². The minimum absolute atomic E-state index is 0.187. The van der Waals surface area contributed by atoms with Gasteiger partial charge in [0.2, 0.25) is 5.91 Å². The third kappa shape index (κ3) is 5.35. The largest absolute Gasteiger partial charge is 0.389 e. The van der Waals surface area contributed by atoms with Crippen LogP contribution in [0, 0.1) is 0 Å². The molecule has 1 fully saturated rings. The first-order valence-corrected chi connectivity index (χ1v) is 11.6. The quantitative estimate of drug-likeness (QED) is 0.486. The summed E-state index contributed by atoms with van der Waals surface area (Å²) in [5, 5.41) is 17.7. The number of aliphatic hydroxyl groups excluding tert-OH is 1. The molecule has 0 saturated carbocycles. The summed E-state index contributed by atoms with van der Waals surface area (Å²) in [6.45, 7) is 4.28. The lowest BCUT2D eigenvalue weighted by molar-refractivity contribution is -0.134. The first-order chi connectivity index (χ1) is 16.3. The van der Waals surface area contributed by atoms with Gasteiger partial charge in [-0.3, -0.25) is 14.9 Å². The Morgan fingerprint density at radius 3 is 2.06 bits per heavy atom. The van der Waals surface area contributed by atoms with E-state index in [1.165, 1.54) is 0 Å². The Hall–Kier alpha value is -3.48. The first-order valence-electron chi connectivity index (χ1n) is 11.6. The third-order valence-electron chi connectivity index (χ3n) is 6.30. The summed E-state index contributed by atoms with van der Waals surface area (Å²) in [7, 11) is 0. The SMILES string of the molecule is CC1(C)NC(C(O)C(Cc2ccccc2)NC(=O)c2ccccc2)C(=O)N1Cc1ccccc1. The van der Waals surface area contributed by atoms with Gasteiger partial charge in [-0.15, -0.1) is 0 Å². The Morgan fingerprint density at radius 2 is 1.47 bits per heavy atom. The van der Waals surface area contributed by atoms with Crippen molar-refractivity contribution < 1.29 is 14.7 Å². The van der Waals surface area contributed by atoms with Gasteiger partial charge in [-0.2, -0.15) is 0 Å². The summed E-state index contributed by atoms with van der Waals surface area (Å²) in [5.41, 5.74) is 1.83. The zero-order valence-corrected chi connectivity index (χ0v) is 19.5. The lowest BCUT2D eigenvalue weighted by Crippen LogP contribution is -2.55. The van der Waals surface area contributed by atoms with Crippen LogP contribution in [0.5, 0.6) is 0 Å². The summed E-state index contributed by atoms with van der Waals surface area (Å²) < 4.78 is 0. The third-order valence-corrected chi connectivity index (χ3v) is 6.30. The number of amides is 2. The molecule has 0 radical (unpaired) electrons. The minimum atomic E-state index is -1.12. The highest BCUT2D eigenvalue weighted by Crippen LogP contribution is 2.26. The molecule has 3 aromatic rings. The van der Waals surface area contributed by atoms with Crippen LogP contribution in [-0.2, 0) is 17.8 Å². The molecule has 3 atom stereocenters. The van der Waals surface area contributed by atoms with Crippen molar-refractivity contribution in [2.24, 2.45) is 0 Å². The summed E-state index contributed by atoms with van der Waals surface area (Å²) in [5.74, 6) is -0.472. The van der Waals surface area contributed by atoms with E-state index in [2.05, 4.69) is 10.6 Å². The highest BCUT2D eigenvalue weighted by atomic mass is 16.3. The highest BCUT2D eigenvalue weighted by molar-refractivity contribution is 5.94. The van der Waals surface area contributed by atoms with Crippen molar-refractivity contribution in [3.63, 3.8) is 0 Å². The van der Waals surface area contributed by atoms with Crippen LogP contribution >= 0.6 is 0 Å². The normalized spacial score (nSPS) is 19.0. The van der Waals surface area contributed by atoms with Crippen LogP contribution in [0.25, 0.3) is 0 Å². The van der Waals surface area contributed by atoms with Crippen LogP contribution in [0.2, 0.25) is 0 Å². The standard InChI is InChI=1S/C28H31N3O3/c1-28(2)30-24(27(34)31(28)19-21-14-8-4-9-15-21)25(32)23(18-20-12-6-3-7-13-20)29-26(33)22-16-10-5-11-17-22/h3-17,23-25,30,32H,18-19H2,1-2H3,(H,29,33). The first kappa shape index (κ1) is 23.7. The van der Waals surface area contributed by atoms with Crippen LogP contribution in [0.4, 0.5) is 0 Å². The molecule has 3 unspecified atom stereocenters. The van der Waals surface area contributed by atoms with Gasteiger partial charge < -0.3 is 15.3 Å². The second-order valence-corrected chi connectivity index (χ2v) is 9.22. The molecule has 1 heterocycles. The molecule has 3 N–H and O–H groups in total. The monoisotopic (exact) mass is 457 g/mol. The van der Waals surface area contributed by atoms with E-state index in [4.69, 9.17) is 0 Å². The number of aliphatic hydroxyl groups is 1. The highest BCUT2D eigenvalue weighted by Gasteiger charge is 2.48. The van der Waals surface area contributed by atoms with E-state index in [9.17, 15) is 14.7 Å². The van der Waals surface area contributed by atoms with Gasteiger partial charge in [-0.25, -0.2) is 0 Å². The average molecular weight is 458 g/mol. The number of carbonyl (C=O) groups excluding carboxylic acids is 2. The van der Waals surface area contributed by atoms with Crippen molar-refractivity contribution in [1.29, 1.82) is 0 Å². The zero-order chi connectivity index (χ0) is 24.1. The zero-order valence-electron chi connectivity index (χ0n) is 19.5. The second kappa shape index (κ2) is 10.2. The van der Waals surface area contributed by atoms with Gasteiger partial charge in [0.05, 0.1) is 17.8 Å². The fourth-order valence-corrected chi connectivity index (χ4v) is 4.44. The van der Waals surface area contributed by atoms with Crippen LogP contribution in [0.15, 0.2) is 91.0 Å². The Labute approximate surface area is 200 Å². The maximum Gasteiger partial charge on any atom is 0.251 e. The molecule has 6 nitrogen and oxygen atoms in total. The van der Waals surface area contributed by atoms with Gasteiger partial charge in [-0.1, -0.05) is 78.9 Å². The molecular weight excluding hydrogens is 426 g/mol. The van der Waals surface area contributed by atoms with E-state index in [-0.39, 0.29) is 11.8 Å². The van der Waals surface area contributed by atoms with Gasteiger partial charge in [-0.05, 0) is 43.5 Å². The maximum atomic E-state index is 13.5. The van der Waals surface area contributed by atoms with E-state index in [0.29, 0.717) is 18.5 Å². The average Bonchev–Trinajstić information content (AvgIpc) is 3.08. The molecule has 0 spiro atoms. The van der Waals surface area contributed by atoms with Crippen LogP contribution in [0.3, 0.4) is 0 Å². The maximum absolute atomic E-state index is 13.5. The summed E-state index contributed by atoms with van der Waals surface area (Å²) >= 11 is 0. The number of rotatable bonds is 8. The minimum Gasteiger partial charge on any atom is -0.389 e. The molecule has 34 heavy (non-hydrogen) atoms. The van der Waals surface area contributed by atoms with E-state index in [1.807, 2.05) is 80.6 Å². The topological polar surface area (TPSA) is 81.7 Å². The number of hydrogen-bond acceptors (Lipinski definition) is 4. The number of benzene rings is 3.